The molecule has 0 bridgehead atoms. The Morgan fingerprint density at radius 1 is 1.37 bits per heavy atom. The van der Waals surface area contributed by atoms with Gasteiger partial charge in [-0.05, 0) is 39.3 Å². The van der Waals surface area contributed by atoms with Crippen LogP contribution in [0.15, 0.2) is 28.9 Å². The van der Waals surface area contributed by atoms with Crippen LogP contribution in [0, 0.1) is 6.92 Å². The highest BCUT2D eigenvalue weighted by atomic mass is 32.1. The van der Waals surface area contributed by atoms with Crippen molar-refractivity contribution in [3.63, 3.8) is 0 Å². The first-order valence-electron chi connectivity index (χ1n) is 8.63. The van der Waals surface area contributed by atoms with E-state index in [1.807, 2.05) is 25.1 Å². The Labute approximate surface area is 161 Å². The number of aryl methyl sites for hydroxylation is 1. The fourth-order valence-electron chi connectivity index (χ4n) is 2.47. The zero-order valence-electron chi connectivity index (χ0n) is 15.9. The van der Waals surface area contributed by atoms with Crippen LogP contribution in [0.2, 0.25) is 0 Å². The van der Waals surface area contributed by atoms with Gasteiger partial charge in [0.15, 0.2) is 12.3 Å². The van der Waals surface area contributed by atoms with Gasteiger partial charge in [-0.25, -0.2) is 9.97 Å². The molecule has 0 aliphatic rings. The highest BCUT2D eigenvalue weighted by molar-refractivity contribution is 7.18. The minimum atomic E-state index is -0.825. The van der Waals surface area contributed by atoms with E-state index in [0.29, 0.717) is 24.6 Å². The normalized spacial score (nSPS) is 11.7. The smallest absolute Gasteiger partial charge is 0.275 e. The van der Waals surface area contributed by atoms with Crippen molar-refractivity contribution in [2.45, 2.75) is 39.4 Å². The molecule has 0 fully saturated rings. The first-order chi connectivity index (χ1) is 12.7. The quantitative estimate of drug-likeness (QED) is 0.666. The molecule has 0 radical (unpaired) electrons. The van der Waals surface area contributed by atoms with Gasteiger partial charge in [-0.15, -0.1) is 11.3 Å². The zero-order valence-corrected chi connectivity index (χ0v) is 16.7. The summed E-state index contributed by atoms with van der Waals surface area (Å²) in [5.74, 6) is 0.735. The summed E-state index contributed by atoms with van der Waals surface area (Å²) in [6.45, 7) is 5.93. The minimum Gasteiger partial charge on any atom is -0.484 e. The molecule has 1 N–H and O–H groups in total. The second-order valence-corrected chi connectivity index (χ2v) is 8.30. The average molecular weight is 389 g/mol. The number of aliphatic hydroxyl groups is 1. The second-order valence-electron chi connectivity index (χ2n) is 7.07. The Bertz CT molecular complexity index is 942. The first-order valence-corrected chi connectivity index (χ1v) is 9.45. The molecule has 0 saturated carbocycles. The molecule has 0 aliphatic carbocycles. The summed E-state index contributed by atoms with van der Waals surface area (Å²) in [7, 11) is 1.67. The molecule has 1 aromatic carbocycles. The maximum atomic E-state index is 12.4. The molecule has 0 atom stereocenters. The Morgan fingerprint density at radius 3 is 2.89 bits per heavy atom. The van der Waals surface area contributed by atoms with Crippen LogP contribution in [-0.2, 0) is 6.61 Å². The summed E-state index contributed by atoms with van der Waals surface area (Å²) < 4.78 is 12.2. The summed E-state index contributed by atoms with van der Waals surface area (Å²) in [6, 6.07) is 5.72. The third-order valence-corrected chi connectivity index (χ3v) is 4.96. The molecular formula is C19H23N3O4S. The van der Waals surface area contributed by atoms with Crippen molar-refractivity contribution in [3.8, 4) is 5.75 Å². The van der Waals surface area contributed by atoms with E-state index in [1.54, 1.807) is 32.2 Å². The molecule has 2 heterocycles. The number of benzene rings is 1. The third kappa shape index (κ3) is 5.05. The second kappa shape index (κ2) is 7.66. The van der Waals surface area contributed by atoms with E-state index in [-0.39, 0.29) is 18.2 Å². The molecule has 3 aromatic rings. The number of carbonyl (C=O) groups excluding carboxylic acids is 1. The number of nitrogens with zero attached hydrogens (tertiary/aromatic N) is 3. The highest BCUT2D eigenvalue weighted by Gasteiger charge is 2.20. The van der Waals surface area contributed by atoms with Crippen molar-refractivity contribution in [1.29, 1.82) is 0 Å². The van der Waals surface area contributed by atoms with Crippen LogP contribution in [0.3, 0.4) is 0 Å². The third-order valence-electron chi connectivity index (χ3n) is 4.00. The van der Waals surface area contributed by atoms with Gasteiger partial charge in [-0.2, -0.15) is 0 Å². The fourth-order valence-corrected chi connectivity index (χ4v) is 3.28. The monoisotopic (exact) mass is 389 g/mol. The summed E-state index contributed by atoms with van der Waals surface area (Å²) in [6.07, 6.45) is 1.80. The van der Waals surface area contributed by atoms with Gasteiger partial charge in [0.05, 0.1) is 20.8 Å². The first kappa shape index (κ1) is 19.3. The van der Waals surface area contributed by atoms with Crippen LogP contribution in [0.1, 0.15) is 41.7 Å². The lowest BCUT2D eigenvalue weighted by atomic mass is 10.1. The number of aromatic nitrogens is 2. The maximum Gasteiger partial charge on any atom is 0.275 e. The SMILES string of the molecule is Cc1nc2cc(OCc3nc(C(=O)N(C)CCC(C)(C)O)co3)ccc2s1. The van der Waals surface area contributed by atoms with Crippen molar-refractivity contribution >= 4 is 27.5 Å². The number of oxazole rings is 1. The lowest BCUT2D eigenvalue weighted by Gasteiger charge is -2.22. The molecule has 3 rings (SSSR count). The molecule has 144 valence electrons. The van der Waals surface area contributed by atoms with Gasteiger partial charge < -0.3 is 19.2 Å². The number of rotatable bonds is 7. The number of ether oxygens (including phenoxy) is 1. The summed E-state index contributed by atoms with van der Waals surface area (Å²) in [5.41, 5.74) is 0.290. The largest absolute Gasteiger partial charge is 0.484 e. The van der Waals surface area contributed by atoms with Gasteiger partial charge in [0, 0.05) is 19.7 Å². The number of fused-ring (bicyclic) bond motifs is 1. The molecular weight excluding hydrogens is 366 g/mol. The van der Waals surface area contributed by atoms with E-state index in [9.17, 15) is 9.90 Å². The van der Waals surface area contributed by atoms with Crippen LogP contribution in [0.4, 0.5) is 0 Å². The molecule has 2 aromatic heterocycles. The molecule has 8 heteroatoms. The Balaban J connectivity index is 1.59. The lowest BCUT2D eigenvalue weighted by molar-refractivity contribution is 0.0542. The van der Waals surface area contributed by atoms with Crippen LogP contribution in [-0.4, -0.2) is 45.1 Å². The topological polar surface area (TPSA) is 88.7 Å². The van der Waals surface area contributed by atoms with Crippen molar-refractivity contribution < 1.29 is 19.1 Å². The summed E-state index contributed by atoms with van der Waals surface area (Å²) in [4.78, 5) is 22.5. The number of hydrogen-bond donors (Lipinski definition) is 1. The van der Waals surface area contributed by atoms with E-state index >= 15 is 0 Å². The van der Waals surface area contributed by atoms with Crippen LogP contribution >= 0.6 is 11.3 Å². The number of amides is 1. The van der Waals surface area contributed by atoms with Crippen LogP contribution in [0.5, 0.6) is 5.75 Å². The maximum absolute atomic E-state index is 12.4. The number of carbonyl (C=O) groups is 1. The van der Waals surface area contributed by atoms with Gasteiger partial charge in [-0.3, -0.25) is 4.79 Å². The van der Waals surface area contributed by atoms with Crippen molar-refractivity contribution in [1.82, 2.24) is 14.9 Å². The Morgan fingerprint density at radius 2 is 2.15 bits per heavy atom. The van der Waals surface area contributed by atoms with Gasteiger partial charge in [0.2, 0.25) is 5.89 Å². The molecule has 0 saturated heterocycles. The lowest BCUT2D eigenvalue weighted by Crippen LogP contribution is -2.32. The van der Waals surface area contributed by atoms with E-state index < -0.39 is 5.60 Å². The number of hydrogen-bond acceptors (Lipinski definition) is 7. The summed E-state index contributed by atoms with van der Waals surface area (Å²) >= 11 is 1.63. The highest BCUT2D eigenvalue weighted by Crippen LogP contribution is 2.26. The van der Waals surface area contributed by atoms with E-state index in [4.69, 9.17) is 9.15 Å². The van der Waals surface area contributed by atoms with Crippen molar-refractivity contribution in [2.24, 2.45) is 0 Å². The standard InChI is InChI=1S/C19H23N3O4S/c1-12-20-14-9-13(5-6-16(14)27-12)25-11-17-21-15(10-26-17)18(23)22(4)8-7-19(2,3)24/h5-6,9-10,24H,7-8,11H2,1-4H3. The molecule has 27 heavy (non-hydrogen) atoms. The van der Waals surface area contributed by atoms with Gasteiger partial charge >= 0.3 is 0 Å². The van der Waals surface area contributed by atoms with Gasteiger partial charge in [0.25, 0.3) is 5.91 Å². The molecule has 1 amide bonds. The van der Waals surface area contributed by atoms with Gasteiger partial charge in [0.1, 0.15) is 12.0 Å². The fraction of sp³-hybridized carbons (Fsp3) is 0.421. The Kier molecular flexibility index (Phi) is 5.48. The van der Waals surface area contributed by atoms with Crippen molar-refractivity contribution in [2.75, 3.05) is 13.6 Å². The molecule has 0 unspecified atom stereocenters. The van der Waals surface area contributed by atoms with Gasteiger partial charge in [-0.1, -0.05) is 0 Å². The molecule has 7 nitrogen and oxygen atoms in total. The van der Waals surface area contributed by atoms with E-state index in [1.165, 1.54) is 11.2 Å². The predicted molar refractivity (Wildman–Crippen MR) is 103 cm³/mol. The van der Waals surface area contributed by atoms with E-state index in [0.717, 1.165) is 15.2 Å². The average Bonchev–Trinajstić information content (AvgIpc) is 3.21. The van der Waals surface area contributed by atoms with Crippen LogP contribution < -0.4 is 4.74 Å². The predicted octanol–water partition coefficient (Wildman–Crippen LogP) is 3.40. The van der Waals surface area contributed by atoms with Crippen LogP contribution in [0.25, 0.3) is 10.2 Å². The Hall–Kier alpha value is -2.45. The zero-order chi connectivity index (χ0) is 19.6. The number of thiazole rings is 1. The summed E-state index contributed by atoms with van der Waals surface area (Å²) in [5, 5.41) is 10.8. The minimum absolute atomic E-state index is 0.120. The molecule has 0 spiro atoms. The van der Waals surface area contributed by atoms with Crippen molar-refractivity contribution in [3.05, 3.63) is 41.1 Å². The molecule has 0 aliphatic heterocycles. The van der Waals surface area contributed by atoms with E-state index in [2.05, 4.69) is 9.97 Å².